The van der Waals surface area contributed by atoms with Crippen molar-refractivity contribution in [1.29, 1.82) is 0 Å². The predicted molar refractivity (Wildman–Crippen MR) is 66.7 cm³/mol. The first-order valence-electron chi connectivity index (χ1n) is 5.17. The van der Waals surface area contributed by atoms with Gasteiger partial charge in [0, 0.05) is 12.5 Å². The molecule has 0 aliphatic carbocycles. The van der Waals surface area contributed by atoms with Crippen molar-refractivity contribution in [3.8, 4) is 10.6 Å². The van der Waals surface area contributed by atoms with E-state index < -0.39 is 0 Å². The number of aromatic nitrogens is 2. The molecule has 0 unspecified atom stereocenters. The van der Waals surface area contributed by atoms with Crippen LogP contribution in [0.4, 0.5) is 0 Å². The molecule has 0 aliphatic heterocycles. The molecule has 1 aromatic carbocycles. The molecule has 0 radical (unpaired) electrons. The Balaban J connectivity index is 0.000000606. The number of carbonyl (C=O) groups is 1. The van der Waals surface area contributed by atoms with Crippen LogP contribution in [0.5, 0.6) is 0 Å². The van der Waals surface area contributed by atoms with Crippen molar-refractivity contribution in [3.05, 3.63) is 35.3 Å². The predicted octanol–water partition coefficient (Wildman–Crippen LogP) is 3.43. The quantitative estimate of drug-likeness (QED) is 0.748. The monoisotopic (exact) mass is 234 g/mol. The molecular formula is C12H14N2OS. The maximum atomic E-state index is 11.0. The summed E-state index contributed by atoms with van der Waals surface area (Å²) in [5.41, 5.74) is 0.998. The van der Waals surface area contributed by atoms with E-state index in [1.165, 1.54) is 18.3 Å². The first-order chi connectivity index (χ1) is 7.77. The lowest BCUT2D eigenvalue weighted by Gasteiger charge is -1.91. The zero-order chi connectivity index (χ0) is 12.0. The van der Waals surface area contributed by atoms with Gasteiger partial charge in [0.1, 0.15) is 5.01 Å². The Morgan fingerprint density at radius 1 is 1.12 bits per heavy atom. The van der Waals surface area contributed by atoms with Gasteiger partial charge in [-0.2, -0.15) is 0 Å². The molecule has 0 saturated carbocycles. The van der Waals surface area contributed by atoms with Crippen molar-refractivity contribution in [1.82, 2.24) is 10.2 Å². The first-order valence-corrected chi connectivity index (χ1v) is 5.99. The van der Waals surface area contributed by atoms with Crippen molar-refractivity contribution >= 4 is 17.1 Å². The SMILES string of the molecule is CC.CC(=O)c1nnc(-c2ccccc2)s1. The summed E-state index contributed by atoms with van der Waals surface area (Å²) in [6, 6.07) is 9.71. The lowest BCUT2D eigenvalue weighted by atomic mass is 10.2. The Morgan fingerprint density at radius 2 is 1.75 bits per heavy atom. The van der Waals surface area contributed by atoms with Crippen molar-refractivity contribution in [2.45, 2.75) is 20.8 Å². The summed E-state index contributed by atoms with van der Waals surface area (Å²) in [6.07, 6.45) is 0. The lowest BCUT2D eigenvalue weighted by molar-refractivity contribution is 0.101. The summed E-state index contributed by atoms with van der Waals surface area (Å²) in [6.45, 7) is 5.50. The summed E-state index contributed by atoms with van der Waals surface area (Å²) >= 11 is 1.32. The molecule has 4 heteroatoms. The van der Waals surface area contributed by atoms with Gasteiger partial charge in [-0.05, 0) is 0 Å². The molecule has 0 spiro atoms. The minimum Gasteiger partial charge on any atom is -0.292 e. The van der Waals surface area contributed by atoms with Crippen molar-refractivity contribution in [3.63, 3.8) is 0 Å². The minimum atomic E-state index is -0.0373. The molecule has 1 aromatic heterocycles. The molecule has 0 aliphatic rings. The molecule has 16 heavy (non-hydrogen) atoms. The highest BCUT2D eigenvalue weighted by molar-refractivity contribution is 7.16. The van der Waals surface area contributed by atoms with Crippen LogP contribution >= 0.6 is 11.3 Å². The maximum Gasteiger partial charge on any atom is 0.190 e. The Bertz CT molecular complexity index is 451. The van der Waals surface area contributed by atoms with E-state index in [-0.39, 0.29) is 5.78 Å². The van der Waals surface area contributed by atoms with Crippen molar-refractivity contribution in [2.24, 2.45) is 0 Å². The number of Topliss-reactive ketones (excluding diaryl/α,β-unsaturated/α-hetero) is 1. The van der Waals surface area contributed by atoms with Crippen LogP contribution in [0.2, 0.25) is 0 Å². The maximum absolute atomic E-state index is 11.0. The standard InChI is InChI=1S/C10H8N2OS.C2H6/c1-7(13)9-11-12-10(14-9)8-5-3-2-4-6-8;1-2/h2-6H,1H3;1-2H3. The fourth-order valence-electron chi connectivity index (χ4n) is 1.06. The van der Waals surface area contributed by atoms with Crippen LogP contribution in [0, 0.1) is 0 Å². The van der Waals surface area contributed by atoms with E-state index in [0.29, 0.717) is 5.01 Å². The summed E-state index contributed by atoms with van der Waals surface area (Å²) < 4.78 is 0. The molecule has 0 bridgehead atoms. The van der Waals surface area contributed by atoms with Gasteiger partial charge in [0.05, 0.1) is 0 Å². The van der Waals surface area contributed by atoms with Gasteiger partial charge in [-0.25, -0.2) is 0 Å². The van der Waals surface area contributed by atoms with Crippen LogP contribution in [-0.4, -0.2) is 16.0 Å². The molecule has 3 nitrogen and oxygen atoms in total. The highest BCUT2D eigenvalue weighted by atomic mass is 32.1. The first kappa shape index (κ1) is 12.5. The van der Waals surface area contributed by atoms with E-state index in [9.17, 15) is 4.79 Å². The van der Waals surface area contributed by atoms with Gasteiger partial charge in [0.25, 0.3) is 0 Å². The number of hydrogen-bond donors (Lipinski definition) is 0. The molecule has 0 saturated heterocycles. The number of hydrogen-bond acceptors (Lipinski definition) is 4. The van der Waals surface area contributed by atoms with E-state index in [1.807, 2.05) is 44.2 Å². The van der Waals surface area contributed by atoms with Crippen LogP contribution in [0.3, 0.4) is 0 Å². The highest BCUT2D eigenvalue weighted by Gasteiger charge is 2.08. The van der Waals surface area contributed by atoms with Gasteiger partial charge < -0.3 is 0 Å². The molecule has 0 atom stereocenters. The fourth-order valence-corrected chi connectivity index (χ4v) is 1.81. The molecule has 2 aromatic rings. The third kappa shape index (κ3) is 2.97. The summed E-state index contributed by atoms with van der Waals surface area (Å²) in [7, 11) is 0. The van der Waals surface area contributed by atoms with E-state index in [4.69, 9.17) is 0 Å². The van der Waals surface area contributed by atoms with Crippen LogP contribution in [0.1, 0.15) is 30.6 Å². The van der Waals surface area contributed by atoms with Crippen LogP contribution in [0.15, 0.2) is 30.3 Å². The van der Waals surface area contributed by atoms with Crippen LogP contribution in [0.25, 0.3) is 10.6 Å². The van der Waals surface area contributed by atoms with Crippen LogP contribution < -0.4 is 0 Å². The van der Waals surface area contributed by atoms with E-state index in [1.54, 1.807) is 0 Å². The van der Waals surface area contributed by atoms with E-state index in [2.05, 4.69) is 10.2 Å². The zero-order valence-electron chi connectivity index (χ0n) is 9.60. The van der Waals surface area contributed by atoms with Gasteiger partial charge in [-0.3, -0.25) is 4.79 Å². The number of ketones is 1. The largest absolute Gasteiger partial charge is 0.292 e. The molecule has 1 heterocycles. The third-order valence-corrected chi connectivity index (χ3v) is 2.82. The third-order valence-electron chi connectivity index (χ3n) is 1.75. The normalized spacial score (nSPS) is 9.19. The second kappa shape index (κ2) is 6.12. The molecule has 0 N–H and O–H groups in total. The van der Waals surface area contributed by atoms with Crippen molar-refractivity contribution < 1.29 is 4.79 Å². The van der Waals surface area contributed by atoms with E-state index in [0.717, 1.165) is 10.6 Å². The number of carbonyl (C=O) groups excluding carboxylic acids is 1. The Morgan fingerprint density at radius 3 is 2.25 bits per heavy atom. The second-order valence-electron chi connectivity index (χ2n) is 2.83. The summed E-state index contributed by atoms with van der Waals surface area (Å²) in [5, 5.41) is 9.02. The van der Waals surface area contributed by atoms with Gasteiger partial charge >= 0.3 is 0 Å². The minimum absolute atomic E-state index is 0.0373. The number of benzene rings is 1. The van der Waals surface area contributed by atoms with Crippen molar-refractivity contribution in [2.75, 3.05) is 0 Å². The number of rotatable bonds is 2. The zero-order valence-corrected chi connectivity index (χ0v) is 10.4. The lowest BCUT2D eigenvalue weighted by Crippen LogP contribution is -1.88. The van der Waals surface area contributed by atoms with Crippen LogP contribution in [-0.2, 0) is 0 Å². The van der Waals surface area contributed by atoms with Gasteiger partial charge in [-0.15, -0.1) is 10.2 Å². The van der Waals surface area contributed by atoms with E-state index >= 15 is 0 Å². The topological polar surface area (TPSA) is 42.9 Å². The Kier molecular flexibility index (Phi) is 4.79. The van der Waals surface area contributed by atoms with Gasteiger partial charge in [0.15, 0.2) is 10.8 Å². The molecule has 2 rings (SSSR count). The molecule has 0 amide bonds. The number of nitrogens with zero attached hydrogens (tertiary/aromatic N) is 2. The average Bonchev–Trinajstić information content (AvgIpc) is 2.82. The average molecular weight is 234 g/mol. The summed E-state index contributed by atoms with van der Waals surface area (Å²) in [5.74, 6) is -0.0373. The highest BCUT2D eigenvalue weighted by Crippen LogP contribution is 2.22. The fraction of sp³-hybridized carbons (Fsp3) is 0.250. The Labute approximate surface area is 99.2 Å². The smallest absolute Gasteiger partial charge is 0.190 e. The second-order valence-corrected chi connectivity index (χ2v) is 3.81. The van der Waals surface area contributed by atoms with Gasteiger partial charge in [-0.1, -0.05) is 55.5 Å². The summed E-state index contributed by atoms with van der Waals surface area (Å²) in [4.78, 5) is 11.0. The molecular weight excluding hydrogens is 220 g/mol. The van der Waals surface area contributed by atoms with Gasteiger partial charge in [0.2, 0.25) is 0 Å². The molecule has 0 fully saturated rings. The molecule has 84 valence electrons. The Hall–Kier alpha value is -1.55.